The fourth-order valence-corrected chi connectivity index (χ4v) is 4.52. The molecule has 3 rings (SSSR count). The first kappa shape index (κ1) is 18.8. The van der Waals surface area contributed by atoms with E-state index in [4.69, 9.17) is 27.9 Å². The molecule has 130 valence electrons. The number of aromatic nitrogens is 1. The third kappa shape index (κ3) is 3.93. The monoisotopic (exact) mass is 506 g/mol. The van der Waals surface area contributed by atoms with Crippen LogP contribution in [0.2, 0.25) is 10.0 Å². The Bertz CT molecular complexity index is 1010. The summed E-state index contributed by atoms with van der Waals surface area (Å²) in [6.45, 7) is 0.994. The zero-order valence-corrected chi connectivity index (χ0v) is 17.6. The molecule has 1 amide bonds. The van der Waals surface area contributed by atoms with Crippen molar-refractivity contribution in [3.05, 3.63) is 60.4 Å². The van der Waals surface area contributed by atoms with E-state index in [2.05, 4.69) is 27.6 Å². The van der Waals surface area contributed by atoms with Crippen molar-refractivity contribution in [2.45, 2.75) is 6.54 Å². The predicted octanol–water partition coefficient (Wildman–Crippen LogP) is 5.00. The molecule has 1 aromatic heterocycles. The molecule has 0 spiro atoms. The second-order valence-corrected chi connectivity index (χ2v) is 8.09. The molecule has 4 nitrogen and oxygen atoms in total. The molecule has 0 fully saturated rings. The molecule has 0 aliphatic rings. The summed E-state index contributed by atoms with van der Waals surface area (Å²) in [6.07, 6.45) is 0. The minimum Gasteiger partial charge on any atom is -0.383 e. The molecule has 0 saturated carbocycles. The van der Waals surface area contributed by atoms with Gasteiger partial charge in [0.25, 0.3) is 5.91 Å². The van der Waals surface area contributed by atoms with E-state index in [-0.39, 0.29) is 5.91 Å². The van der Waals surface area contributed by atoms with Gasteiger partial charge in [-0.2, -0.15) is 4.99 Å². The van der Waals surface area contributed by atoms with Crippen LogP contribution in [0.4, 0.5) is 0 Å². The molecule has 0 saturated heterocycles. The summed E-state index contributed by atoms with van der Waals surface area (Å²) in [5.74, 6) is -0.287. The third-order valence-corrected chi connectivity index (χ3v) is 6.33. The molecule has 8 heteroatoms. The van der Waals surface area contributed by atoms with Gasteiger partial charge < -0.3 is 9.30 Å². The second-order valence-electron chi connectivity index (χ2n) is 5.13. The van der Waals surface area contributed by atoms with Crippen molar-refractivity contribution in [1.82, 2.24) is 4.57 Å². The van der Waals surface area contributed by atoms with Crippen LogP contribution in [0.1, 0.15) is 10.4 Å². The summed E-state index contributed by atoms with van der Waals surface area (Å²) in [7, 11) is 1.62. The lowest BCUT2D eigenvalue weighted by Crippen LogP contribution is -2.19. The SMILES string of the molecule is COCCn1c(=NC(=O)c2ccccc2I)sc2ccc(Cl)c(Cl)c21. The molecular formula is C17H13Cl2IN2O2S. The van der Waals surface area contributed by atoms with Crippen LogP contribution >= 0.6 is 57.1 Å². The van der Waals surface area contributed by atoms with Crippen LogP contribution in [-0.2, 0) is 11.3 Å². The van der Waals surface area contributed by atoms with Gasteiger partial charge in [0.05, 0.1) is 32.4 Å². The lowest BCUT2D eigenvalue weighted by molar-refractivity contribution is 0.0996. The van der Waals surface area contributed by atoms with Gasteiger partial charge in [0, 0.05) is 17.2 Å². The number of ether oxygens (including phenoxy) is 1. The van der Waals surface area contributed by atoms with E-state index in [1.165, 1.54) is 11.3 Å². The van der Waals surface area contributed by atoms with Crippen molar-refractivity contribution < 1.29 is 9.53 Å². The highest BCUT2D eigenvalue weighted by atomic mass is 127. The van der Waals surface area contributed by atoms with Gasteiger partial charge in [0.15, 0.2) is 4.80 Å². The highest BCUT2D eigenvalue weighted by Crippen LogP contribution is 2.32. The van der Waals surface area contributed by atoms with Crippen molar-refractivity contribution in [3.8, 4) is 0 Å². The maximum atomic E-state index is 12.6. The Balaban J connectivity index is 2.19. The molecule has 0 bridgehead atoms. The number of halogens is 3. The van der Waals surface area contributed by atoms with E-state index in [0.29, 0.717) is 33.6 Å². The smallest absolute Gasteiger partial charge is 0.280 e. The lowest BCUT2D eigenvalue weighted by Gasteiger charge is -2.06. The normalized spacial score (nSPS) is 12.1. The molecule has 0 unspecified atom stereocenters. The van der Waals surface area contributed by atoms with Gasteiger partial charge in [-0.1, -0.05) is 46.7 Å². The van der Waals surface area contributed by atoms with Crippen LogP contribution < -0.4 is 4.80 Å². The number of nitrogens with zero attached hydrogens (tertiary/aromatic N) is 2. The van der Waals surface area contributed by atoms with Crippen molar-refractivity contribution in [1.29, 1.82) is 0 Å². The van der Waals surface area contributed by atoms with Gasteiger partial charge >= 0.3 is 0 Å². The number of carbonyl (C=O) groups excluding carboxylic acids is 1. The number of thiazole rings is 1. The van der Waals surface area contributed by atoms with Gasteiger partial charge in [0.1, 0.15) is 0 Å². The minimum absolute atomic E-state index is 0.287. The fourth-order valence-electron chi connectivity index (χ4n) is 2.36. The molecule has 25 heavy (non-hydrogen) atoms. The number of methoxy groups -OCH3 is 1. The molecule has 3 aromatic rings. The molecule has 0 aliphatic heterocycles. The van der Waals surface area contributed by atoms with Gasteiger partial charge in [-0.15, -0.1) is 0 Å². The van der Waals surface area contributed by atoms with E-state index < -0.39 is 0 Å². The number of amides is 1. The van der Waals surface area contributed by atoms with Crippen molar-refractivity contribution in [3.63, 3.8) is 0 Å². The number of benzene rings is 2. The summed E-state index contributed by atoms with van der Waals surface area (Å²) < 4.78 is 8.84. The highest BCUT2D eigenvalue weighted by Gasteiger charge is 2.14. The largest absolute Gasteiger partial charge is 0.383 e. The summed E-state index contributed by atoms with van der Waals surface area (Å²) in [6, 6.07) is 11.0. The van der Waals surface area contributed by atoms with Crippen molar-refractivity contribution >= 4 is 73.3 Å². The average Bonchev–Trinajstić information content (AvgIpc) is 2.94. The topological polar surface area (TPSA) is 43.6 Å². The maximum absolute atomic E-state index is 12.6. The molecule has 0 aliphatic carbocycles. The van der Waals surface area contributed by atoms with E-state index in [1.807, 2.05) is 28.8 Å². The molecule has 2 aromatic carbocycles. The number of fused-ring (bicyclic) bond motifs is 1. The quantitative estimate of drug-likeness (QED) is 0.467. The Morgan fingerprint density at radius 2 is 2.04 bits per heavy atom. The second kappa shape index (κ2) is 8.18. The summed E-state index contributed by atoms with van der Waals surface area (Å²) in [5, 5.41) is 0.920. The highest BCUT2D eigenvalue weighted by molar-refractivity contribution is 14.1. The summed E-state index contributed by atoms with van der Waals surface area (Å²) >= 11 is 16.1. The average molecular weight is 507 g/mol. The molecular weight excluding hydrogens is 494 g/mol. The molecule has 0 radical (unpaired) electrons. The number of carbonyl (C=O) groups is 1. The Morgan fingerprint density at radius 1 is 1.28 bits per heavy atom. The van der Waals surface area contributed by atoms with E-state index in [1.54, 1.807) is 19.2 Å². The first-order valence-electron chi connectivity index (χ1n) is 7.32. The first-order chi connectivity index (χ1) is 12.0. The minimum atomic E-state index is -0.287. The summed E-state index contributed by atoms with van der Waals surface area (Å²) in [5.41, 5.74) is 1.34. The van der Waals surface area contributed by atoms with Gasteiger partial charge in [0.2, 0.25) is 0 Å². The third-order valence-electron chi connectivity index (χ3n) is 3.55. The van der Waals surface area contributed by atoms with Gasteiger partial charge in [-0.25, -0.2) is 0 Å². The van der Waals surface area contributed by atoms with E-state index >= 15 is 0 Å². The Kier molecular flexibility index (Phi) is 6.17. The number of hydrogen-bond donors (Lipinski definition) is 0. The van der Waals surface area contributed by atoms with E-state index in [9.17, 15) is 4.79 Å². The molecule has 1 heterocycles. The van der Waals surface area contributed by atoms with Gasteiger partial charge in [-0.3, -0.25) is 4.79 Å². The zero-order chi connectivity index (χ0) is 18.0. The fraction of sp³-hybridized carbons (Fsp3) is 0.176. The van der Waals surface area contributed by atoms with Crippen LogP contribution in [0.15, 0.2) is 41.4 Å². The van der Waals surface area contributed by atoms with Crippen LogP contribution in [0.5, 0.6) is 0 Å². The maximum Gasteiger partial charge on any atom is 0.280 e. The first-order valence-corrected chi connectivity index (χ1v) is 9.98. The van der Waals surface area contributed by atoms with Crippen LogP contribution in [0, 0.1) is 3.57 Å². The Labute approximate surface area is 172 Å². The Hall–Kier alpha value is -0.930. The standard InChI is InChI=1S/C17H13Cl2IN2O2S/c1-24-9-8-22-15-13(7-6-11(18)14(15)19)25-17(22)21-16(23)10-4-2-3-5-12(10)20/h2-7H,8-9H2,1H3. The van der Waals surface area contributed by atoms with E-state index in [0.717, 1.165) is 13.8 Å². The molecule has 0 N–H and O–H groups in total. The zero-order valence-electron chi connectivity index (χ0n) is 13.1. The Morgan fingerprint density at radius 3 is 2.76 bits per heavy atom. The lowest BCUT2D eigenvalue weighted by atomic mass is 10.2. The summed E-state index contributed by atoms with van der Waals surface area (Å²) in [4.78, 5) is 17.5. The van der Waals surface area contributed by atoms with Gasteiger partial charge in [-0.05, 0) is 46.9 Å². The predicted molar refractivity (Wildman–Crippen MR) is 111 cm³/mol. The number of hydrogen-bond acceptors (Lipinski definition) is 3. The molecule has 0 atom stereocenters. The number of rotatable bonds is 4. The van der Waals surface area contributed by atoms with Crippen LogP contribution in [0.25, 0.3) is 10.2 Å². The van der Waals surface area contributed by atoms with Crippen LogP contribution in [0.3, 0.4) is 0 Å². The van der Waals surface area contributed by atoms with Crippen molar-refractivity contribution in [2.75, 3.05) is 13.7 Å². The van der Waals surface area contributed by atoms with Crippen LogP contribution in [-0.4, -0.2) is 24.2 Å². The van der Waals surface area contributed by atoms with Crippen molar-refractivity contribution in [2.24, 2.45) is 4.99 Å².